The highest BCUT2D eigenvalue weighted by molar-refractivity contribution is 5.99. The molecule has 1 aromatic heterocycles. The largest absolute Gasteiger partial charge is 0.494 e. The fourth-order valence-electron chi connectivity index (χ4n) is 5.81. The van der Waals surface area contributed by atoms with E-state index in [0.717, 1.165) is 46.6 Å². The SMILES string of the molecule is CCCCCCCOc1ccc(-c2cnc(-c3ccc(C[C@H](CC(=O)c4ccc(C(C)(C)C)cc4)C(=O)N[C@H](CCN)C(=O)O)cc3)nc2)cc1. The minimum Gasteiger partial charge on any atom is -0.494 e. The monoisotopic (exact) mass is 692 g/mol. The van der Waals surface area contributed by atoms with Gasteiger partial charge in [-0.15, -0.1) is 0 Å². The summed E-state index contributed by atoms with van der Waals surface area (Å²) in [6, 6.07) is 21.8. The van der Waals surface area contributed by atoms with Gasteiger partial charge in [-0.25, -0.2) is 14.8 Å². The molecule has 9 nitrogen and oxygen atoms in total. The standard InChI is InChI=1S/C42H52N4O5/c1-5-6-7-8-9-24-51-36-20-16-30(17-21-36)34-27-44-39(45-28-34)32-12-10-29(11-13-32)25-33(40(48)46-37(22-23-43)41(49)50)26-38(47)31-14-18-35(19-15-31)42(2,3)4/h10-21,27-28,33,37H,5-9,22-26,43H2,1-4H3,(H,46,48)(H,49,50)/t33-,37-/m1/s1. The lowest BCUT2D eigenvalue weighted by molar-refractivity contribution is -0.142. The smallest absolute Gasteiger partial charge is 0.326 e. The molecular weight excluding hydrogens is 640 g/mol. The Labute approximate surface area is 302 Å². The van der Waals surface area contributed by atoms with Gasteiger partial charge in [0.2, 0.25) is 5.91 Å². The highest BCUT2D eigenvalue weighted by Gasteiger charge is 2.28. The first kappa shape index (κ1) is 38.9. The molecule has 0 fully saturated rings. The fourth-order valence-corrected chi connectivity index (χ4v) is 5.81. The molecule has 0 unspecified atom stereocenters. The van der Waals surface area contributed by atoms with Gasteiger partial charge in [-0.3, -0.25) is 9.59 Å². The number of aromatic nitrogens is 2. The van der Waals surface area contributed by atoms with E-state index in [4.69, 9.17) is 10.5 Å². The summed E-state index contributed by atoms with van der Waals surface area (Å²) in [6.45, 7) is 9.34. The maximum Gasteiger partial charge on any atom is 0.326 e. The topological polar surface area (TPSA) is 144 Å². The quantitative estimate of drug-likeness (QED) is 0.0667. The van der Waals surface area contributed by atoms with Gasteiger partial charge in [-0.2, -0.15) is 0 Å². The minimum atomic E-state index is -1.17. The number of carboxylic acid groups (broad SMARTS) is 1. The molecule has 4 aromatic rings. The van der Waals surface area contributed by atoms with Gasteiger partial charge in [0.25, 0.3) is 0 Å². The molecule has 0 saturated heterocycles. The van der Waals surface area contributed by atoms with Crippen molar-refractivity contribution < 1.29 is 24.2 Å². The Kier molecular flexibility index (Phi) is 14.4. The predicted molar refractivity (Wildman–Crippen MR) is 202 cm³/mol. The van der Waals surface area contributed by atoms with Gasteiger partial charge in [0.15, 0.2) is 11.6 Å². The molecule has 2 atom stereocenters. The zero-order valence-corrected chi connectivity index (χ0v) is 30.4. The number of unbranched alkanes of at least 4 members (excludes halogenated alkanes) is 4. The van der Waals surface area contributed by atoms with E-state index < -0.39 is 23.8 Å². The number of rotatable bonds is 19. The van der Waals surface area contributed by atoms with Gasteiger partial charge in [0, 0.05) is 41.4 Å². The molecule has 4 rings (SSSR count). The first-order valence-electron chi connectivity index (χ1n) is 18.0. The summed E-state index contributed by atoms with van der Waals surface area (Å²) in [7, 11) is 0. The molecule has 0 aliphatic heterocycles. The van der Waals surface area contributed by atoms with E-state index in [-0.39, 0.29) is 37.0 Å². The van der Waals surface area contributed by atoms with Gasteiger partial charge in [-0.05, 0) is 60.0 Å². The molecule has 270 valence electrons. The lowest BCUT2D eigenvalue weighted by Gasteiger charge is -2.21. The van der Waals surface area contributed by atoms with Gasteiger partial charge in [0.05, 0.1) is 6.61 Å². The molecular formula is C42H52N4O5. The summed E-state index contributed by atoms with van der Waals surface area (Å²) in [6.07, 6.45) is 9.84. The first-order valence-corrected chi connectivity index (χ1v) is 18.0. The number of nitrogens with one attached hydrogen (secondary N) is 1. The zero-order chi connectivity index (χ0) is 36.8. The Balaban J connectivity index is 1.42. The number of nitrogens with zero attached hydrogens (tertiary/aromatic N) is 2. The second kappa shape index (κ2) is 18.9. The van der Waals surface area contributed by atoms with Crippen LogP contribution in [0.2, 0.25) is 0 Å². The van der Waals surface area contributed by atoms with Crippen LogP contribution in [0.15, 0.2) is 85.2 Å². The third-order valence-corrected chi connectivity index (χ3v) is 9.00. The number of hydrogen-bond acceptors (Lipinski definition) is 7. The van der Waals surface area contributed by atoms with Crippen molar-refractivity contribution in [2.75, 3.05) is 13.2 Å². The van der Waals surface area contributed by atoms with Crippen molar-refractivity contribution in [3.05, 3.63) is 102 Å². The van der Waals surface area contributed by atoms with E-state index in [1.165, 1.54) is 25.7 Å². The van der Waals surface area contributed by atoms with Crippen LogP contribution >= 0.6 is 0 Å². The van der Waals surface area contributed by atoms with Crippen LogP contribution in [0.25, 0.3) is 22.5 Å². The third kappa shape index (κ3) is 11.9. The average molecular weight is 693 g/mol. The Morgan fingerprint density at radius 1 is 0.824 bits per heavy atom. The van der Waals surface area contributed by atoms with Crippen molar-refractivity contribution in [1.29, 1.82) is 0 Å². The van der Waals surface area contributed by atoms with Crippen molar-refractivity contribution in [1.82, 2.24) is 15.3 Å². The highest BCUT2D eigenvalue weighted by Crippen LogP contribution is 2.26. The van der Waals surface area contributed by atoms with E-state index in [0.29, 0.717) is 11.4 Å². The lowest BCUT2D eigenvalue weighted by atomic mass is 9.85. The Morgan fingerprint density at radius 2 is 1.45 bits per heavy atom. The molecule has 51 heavy (non-hydrogen) atoms. The molecule has 0 aliphatic carbocycles. The molecule has 1 amide bonds. The number of amides is 1. The van der Waals surface area contributed by atoms with Crippen molar-refractivity contribution in [2.45, 2.75) is 90.5 Å². The van der Waals surface area contributed by atoms with Gasteiger partial charge in [0.1, 0.15) is 11.8 Å². The summed E-state index contributed by atoms with van der Waals surface area (Å²) in [5.41, 5.74) is 10.6. The van der Waals surface area contributed by atoms with Gasteiger partial charge in [-0.1, -0.05) is 114 Å². The predicted octanol–water partition coefficient (Wildman–Crippen LogP) is 7.81. The third-order valence-electron chi connectivity index (χ3n) is 9.00. The van der Waals surface area contributed by atoms with Crippen molar-refractivity contribution in [2.24, 2.45) is 11.7 Å². The maximum absolute atomic E-state index is 13.4. The molecule has 3 aromatic carbocycles. The number of carbonyl (C=O) groups excluding carboxylic acids is 2. The van der Waals surface area contributed by atoms with Crippen LogP contribution in [-0.2, 0) is 21.4 Å². The molecule has 0 saturated carbocycles. The van der Waals surface area contributed by atoms with Crippen LogP contribution in [-0.4, -0.2) is 51.9 Å². The molecule has 0 bridgehead atoms. The number of benzene rings is 3. The fraction of sp³-hybridized carbons (Fsp3) is 0.405. The number of Topliss-reactive ketones (excluding diaryl/α,β-unsaturated/α-hetero) is 1. The summed E-state index contributed by atoms with van der Waals surface area (Å²) >= 11 is 0. The van der Waals surface area contributed by atoms with Crippen molar-refractivity contribution in [3.8, 4) is 28.3 Å². The Morgan fingerprint density at radius 3 is 2.04 bits per heavy atom. The lowest BCUT2D eigenvalue weighted by Crippen LogP contribution is -2.45. The van der Waals surface area contributed by atoms with Crippen LogP contribution in [0.4, 0.5) is 0 Å². The molecule has 9 heteroatoms. The summed E-state index contributed by atoms with van der Waals surface area (Å²) in [4.78, 5) is 47.8. The van der Waals surface area contributed by atoms with E-state index in [2.05, 4.69) is 43.0 Å². The van der Waals surface area contributed by atoms with E-state index in [9.17, 15) is 19.5 Å². The number of ether oxygens (including phenoxy) is 1. The normalized spacial score (nSPS) is 12.6. The van der Waals surface area contributed by atoms with E-state index >= 15 is 0 Å². The Hall–Kier alpha value is -4.89. The molecule has 4 N–H and O–H groups in total. The molecule has 0 spiro atoms. The van der Waals surface area contributed by atoms with Crippen LogP contribution in [0.1, 0.15) is 94.1 Å². The Bertz CT molecular complexity index is 1700. The van der Waals surface area contributed by atoms with Gasteiger partial charge >= 0.3 is 5.97 Å². The molecule has 1 heterocycles. The van der Waals surface area contributed by atoms with E-state index in [1.807, 2.05) is 60.7 Å². The van der Waals surface area contributed by atoms with Crippen LogP contribution in [0, 0.1) is 5.92 Å². The first-order chi connectivity index (χ1) is 24.5. The number of carboxylic acids is 1. The van der Waals surface area contributed by atoms with Crippen LogP contribution in [0.3, 0.4) is 0 Å². The van der Waals surface area contributed by atoms with Crippen LogP contribution in [0.5, 0.6) is 5.75 Å². The number of hydrogen-bond donors (Lipinski definition) is 3. The number of ketones is 1. The molecule has 0 radical (unpaired) electrons. The maximum atomic E-state index is 13.4. The number of aliphatic carboxylic acids is 1. The summed E-state index contributed by atoms with van der Waals surface area (Å²) in [5, 5.41) is 12.2. The van der Waals surface area contributed by atoms with Crippen molar-refractivity contribution in [3.63, 3.8) is 0 Å². The summed E-state index contributed by atoms with van der Waals surface area (Å²) in [5.74, 6) is -1.23. The highest BCUT2D eigenvalue weighted by atomic mass is 16.5. The zero-order valence-electron chi connectivity index (χ0n) is 30.4. The molecule has 0 aliphatic rings. The average Bonchev–Trinajstić information content (AvgIpc) is 3.13. The summed E-state index contributed by atoms with van der Waals surface area (Å²) < 4.78 is 5.89. The number of carbonyl (C=O) groups is 3. The van der Waals surface area contributed by atoms with Crippen LogP contribution < -0.4 is 15.8 Å². The van der Waals surface area contributed by atoms with Gasteiger partial charge < -0.3 is 20.9 Å². The second-order valence-electron chi connectivity index (χ2n) is 14.1. The van der Waals surface area contributed by atoms with Crippen molar-refractivity contribution >= 4 is 17.7 Å². The van der Waals surface area contributed by atoms with E-state index in [1.54, 1.807) is 24.5 Å². The minimum absolute atomic E-state index is 0.0627. The number of nitrogens with two attached hydrogens (primary N) is 1. The second-order valence-corrected chi connectivity index (χ2v) is 14.1.